The van der Waals surface area contributed by atoms with Gasteiger partial charge in [-0.15, -0.1) is 0 Å². The molecule has 0 saturated carbocycles. The first-order valence-corrected chi connectivity index (χ1v) is 23.5. The van der Waals surface area contributed by atoms with Crippen LogP contribution in [0.15, 0.2) is 30.3 Å². The lowest BCUT2D eigenvalue weighted by Crippen LogP contribution is -2.62. The Hall–Kier alpha value is -4.69. The molecule has 370 valence electrons. The molecule has 0 bridgehead atoms. The number of amides is 7. The van der Waals surface area contributed by atoms with E-state index in [4.69, 9.17) is 22.9 Å². The fourth-order valence-corrected chi connectivity index (χ4v) is 7.27. The minimum absolute atomic E-state index is 0.0682. The molecule has 9 atom stereocenters. The molecule has 0 heterocycles. The first kappa shape index (κ1) is 58.3. The Kier molecular flexibility index (Phi) is 28.8. The van der Waals surface area contributed by atoms with Crippen molar-refractivity contribution in [3.05, 3.63) is 35.9 Å². The molecule has 0 spiro atoms. The van der Waals surface area contributed by atoms with E-state index in [1.807, 2.05) is 58.0 Å². The van der Waals surface area contributed by atoms with Gasteiger partial charge in [0.05, 0.1) is 12.1 Å². The molecule has 16 N–H and O–H groups in total. The van der Waals surface area contributed by atoms with Gasteiger partial charge in [-0.1, -0.05) is 84.7 Å². The molecule has 0 saturated heterocycles. The monoisotopic (exact) mass is 918 g/mol. The van der Waals surface area contributed by atoms with Crippen LogP contribution in [0.5, 0.6) is 0 Å². The largest absolute Gasteiger partial charge is 0.376 e. The van der Waals surface area contributed by atoms with Crippen molar-refractivity contribution < 1.29 is 38.7 Å². The summed E-state index contributed by atoms with van der Waals surface area (Å²) in [5.41, 5.74) is 23.5. The van der Waals surface area contributed by atoms with Crippen molar-refractivity contribution in [3.8, 4) is 0 Å². The van der Waals surface area contributed by atoms with Gasteiger partial charge in [-0.3, -0.25) is 38.9 Å². The molecule has 0 radical (unpaired) electrons. The molecule has 19 heteroatoms. The van der Waals surface area contributed by atoms with Crippen molar-refractivity contribution in [3.63, 3.8) is 0 Å². The number of primary amides is 1. The number of nitrogens with one attached hydrogen (secondary N) is 7. The summed E-state index contributed by atoms with van der Waals surface area (Å²) in [5, 5.41) is 31.5. The number of aliphatic hydroxyl groups excluding tert-OH is 1. The number of rotatable bonds is 34. The highest BCUT2D eigenvalue weighted by Crippen LogP contribution is 2.15. The van der Waals surface area contributed by atoms with Crippen LogP contribution in [0.4, 0.5) is 0 Å². The van der Waals surface area contributed by atoms with Crippen molar-refractivity contribution in [2.75, 3.05) is 19.6 Å². The summed E-state index contributed by atoms with van der Waals surface area (Å²) in [6, 6.07) is 2.05. The predicted octanol–water partition coefficient (Wildman–Crippen LogP) is 0.0549. The smallest absolute Gasteiger partial charge is 0.243 e. The van der Waals surface area contributed by atoms with Crippen LogP contribution >= 0.6 is 0 Å². The molecule has 0 aromatic heterocycles. The van der Waals surface area contributed by atoms with Gasteiger partial charge in [0.1, 0.15) is 36.4 Å². The Bertz CT molecular complexity index is 1600. The number of carbonyl (C=O) groups excluding carboxylic acids is 7. The highest BCUT2D eigenvalue weighted by molar-refractivity contribution is 5.95. The molecular formula is C46H83N11O8. The minimum atomic E-state index is -1.47. The predicted molar refractivity (Wildman–Crippen MR) is 252 cm³/mol. The average molecular weight is 918 g/mol. The van der Waals surface area contributed by atoms with Crippen LogP contribution < -0.4 is 60.2 Å². The maximum absolute atomic E-state index is 14.2. The van der Waals surface area contributed by atoms with Gasteiger partial charge < -0.3 is 59.9 Å². The molecule has 1 rings (SSSR count). The summed E-state index contributed by atoms with van der Waals surface area (Å²) in [7, 11) is 0. The molecule has 7 amide bonds. The second kappa shape index (κ2) is 32.1. The van der Waals surface area contributed by atoms with E-state index in [9.17, 15) is 38.7 Å². The molecule has 0 aliphatic rings. The van der Waals surface area contributed by atoms with E-state index in [-0.39, 0.29) is 43.9 Å². The number of unbranched alkanes of at least 4 members (excludes halogenated alkanes) is 3. The van der Waals surface area contributed by atoms with Crippen LogP contribution in [0, 0.1) is 17.8 Å². The summed E-state index contributed by atoms with van der Waals surface area (Å²) < 4.78 is 0. The van der Waals surface area contributed by atoms with Crippen molar-refractivity contribution in [2.24, 2.45) is 40.7 Å². The lowest BCUT2D eigenvalue weighted by molar-refractivity contribution is -0.135. The summed E-state index contributed by atoms with van der Waals surface area (Å²) in [5.74, 6) is -4.88. The molecule has 1 aromatic rings. The van der Waals surface area contributed by atoms with Crippen LogP contribution in [-0.2, 0) is 40.0 Å². The van der Waals surface area contributed by atoms with Gasteiger partial charge in [0.15, 0.2) is 0 Å². The first-order valence-electron chi connectivity index (χ1n) is 23.5. The van der Waals surface area contributed by atoms with Crippen molar-refractivity contribution in [2.45, 2.75) is 174 Å². The second-order valence-electron chi connectivity index (χ2n) is 17.8. The summed E-state index contributed by atoms with van der Waals surface area (Å²) in [4.78, 5) is 93.8. The molecule has 19 nitrogen and oxygen atoms in total. The second-order valence-corrected chi connectivity index (χ2v) is 17.8. The van der Waals surface area contributed by atoms with E-state index < -0.39 is 95.8 Å². The van der Waals surface area contributed by atoms with Gasteiger partial charge >= 0.3 is 0 Å². The van der Waals surface area contributed by atoms with Crippen LogP contribution in [-0.4, -0.2) is 115 Å². The van der Waals surface area contributed by atoms with E-state index in [1.165, 1.54) is 6.92 Å². The standard InChI is InChI=1S/C46H83N11O8/c1-8-30(6)39(46(65)55-36(26-28(2)3)43(62)53-34(21-13-16-24-48)41(60)52-33(40(50)59)20-12-15-23-47)57-42(61)35(22-14-17-25-49)54-45(64)38(29(4)5)56-44(63)37(51-31(7)58)27-32-18-10-9-11-19-32/h9-11,18-19,28-30,33-39,42,57,61H,8,12-17,20-27,47-49H2,1-7H3,(H2,50,59)(H,51,58)(H,52,60)(H,53,62)(H,54,64)(H,55,65)(H,56,63)/t30?,33?,34?,35?,36?,37?,38?,39?,42-/m1/s1. The van der Waals surface area contributed by atoms with Crippen molar-refractivity contribution >= 4 is 41.4 Å². The molecule has 8 unspecified atom stereocenters. The Labute approximate surface area is 386 Å². The van der Waals surface area contributed by atoms with Gasteiger partial charge in [-0.25, -0.2) is 0 Å². The maximum atomic E-state index is 14.2. The quantitative estimate of drug-likeness (QED) is 0.0323. The lowest BCUT2D eigenvalue weighted by Gasteiger charge is -2.33. The van der Waals surface area contributed by atoms with Gasteiger partial charge in [0, 0.05) is 13.3 Å². The van der Waals surface area contributed by atoms with E-state index >= 15 is 0 Å². The van der Waals surface area contributed by atoms with Crippen molar-refractivity contribution in [1.82, 2.24) is 37.2 Å². The summed E-state index contributed by atoms with van der Waals surface area (Å²) in [6.07, 6.45) is 3.60. The Balaban J connectivity index is 3.37. The third kappa shape index (κ3) is 22.9. The number of hydrogen-bond acceptors (Lipinski definition) is 12. The Morgan fingerprint density at radius 1 is 0.585 bits per heavy atom. The zero-order valence-corrected chi connectivity index (χ0v) is 40.0. The third-order valence-electron chi connectivity index (χ3n) is 11.3. The van der Waals surface area contributed by atoms with Crippen LogP contribution in [0.2, 0.25) is 0 Å². The van der Waals surface area contributed by atoms with Gasteiger partial charge in [0.25, 0.3) is 0 Å². The highest BCUT2D eigenvalue weighted by Gasteiger charge is 2.36. The van der Waals surface area contributed by atoms with E-state index in [0.717, 1.165) is 5.56 Å². The van der Waals surface area contributed by atoms with Crippen molar-refractivity contribution in [1.29, 1.82) is 0 Å². The topological polar surface area (TPSA) is 328 Å². The van der Waals surface area contributed by atoms with E-state index in [0.29, 0.717) is 64.6 Å². The molecule has 65 heavy (non-hydrogen) atoms. The normalized spacial score (nSPS) is 15.6. The number of hydrogen-bond donors (Lipinski definition) is 12. The molecule has 1 aromatic carbocycles. The number of benzene rings is 1. The average Bonchev–Trinajstić information content (AvgIpc) is 3.25. The Morgan fingerprint density at radius 2 is 1.08 bits per heavy atom. The zero-order chi connectivity index (χ0) is 49.1. The van der Waals surface area contributed by atoms with Gasteiger partial charge in [0.2, 0.25) is 41.4 Å². The van der Waals surface area contributed by atoms with Crippen LogP contribution in [0.1, 0.15) is 125 Å². The third-order valence-corrected chi connectivity index (χ3v) is 11.3. The SMILES string of the molecule is CCC(C)C(N[C@H](O)C(CCCCN)NC(=O)C(NC(=O)C(Cc1ccccc1)NC(C)=O)C(C)C)C(=O)NC(CC(C)C)C(=O)NC(CCCCN)C(=O)NC(CCCCN)C(N)=O. The number of nitrogens with two attached hydrogens (primary N) is 4. The van der Waals surface area contributed by atoms with Crippen LogP contribution in [0.3, 0.4) is 0 Å². The maximum Gasteiger partial charge on any atom is 0.243 e. The highest BCUT2D eigenvalue weighted by atomic mass is 16.3. The zero-order valence-electron chi connectivity index (χ0n) is 40.0. The number of carbonyl (C=O) groups is 7. The fourth-order valence-electron chi connectivity index (χ4n) is 7.27. The lowest BCUT2D eigenvalue weighted by atomic mass is 9.95. The van der Waals surface area contributed by atoms with Gasteiger partial charge in [-0.2, -0.15) is 0 Å². The fraction of sp³-hybridized carbons (Fsp3) is 0.717. The number of aliphatic hydroxyl groups is 1. The molecule has 0 aliphatic heterocycles. The Morgan fingerprint density at radius 3 is 1.58 bits per heavy atom. The molecular weight excluding hydrogens is 835 g/mol. The molecule has 0 fully saturated rings. The van der Waals surface area contributed by atoms with Crippen LogP contribution in [0.25, 0.3) is 0 Å². The molecule has 0 aliphatic carbocycles. The van der Waals surface area contributed by atoms with E-state index in [2.05, 4.69) is 37.2 Å². The minimum Gasteiger partial charge on any atom is -0.376 e. The summed E-state index contributed by atoms with van der Waals surface area (Å²) in [6.45, 7) is 13.4. The summed E-state index contributed by atoms with van der Waals surface area (Å²) >= 11 is 0. The first-order chi connectivity index (χ1) is 30.8. The van der Waals surface area contributed by atoms with E-state index in [1.54, 1.807) is 13.8 Å². The van der Waals surface area contributed by atoms with Gasteiger partial charge in [-0.05, 0) is 101 Å².